The smallest absolute Gasteiger partial charge is 0.0251 e. The molecule has 1 saturated heterocycles. The zero-order valence-electron chi connectivity index (χ0n) is 11.9. The summed E-state index contributed by atoms with van der Waals surface area (Å²) in [6.45, 7) is 10.9. The van der Waals surface area contributed by atoms with E-state index in [0.717, 1.165) is 30.5 Å². The molecule has 1 N–H and O–H groups in total. The van der Waals surface area contributed by atoms with Crippen molar-refractivity contribution in [2.75, 3.05) is 19.6 Å². The van der Waals surface area contributed by atoms with Crippen LogP contribution in [0.1, 0.15) is 52.9 Å². The van der Waals surface area contributed by atoms with Crippen LogP contribution in [0.3, 0.4) is 0 Å². The molecule has 0 bridgehead atoms. The molecule has 2 rings (SSSR count). The normalized spacial score (nSPS) is 40.4. The van der Waals surface area contributed by atoms with Gasteiger partial charge in [-0.15, -0.1) is 0 Å². The Morgan fingerprint density at radius 3 is 2.65 bits per heavy atom. The fourth-order valence-electron chi connectivity index (χ4n) is 3.78. The third kappa shape index (κ3) is 3.45. The van der Waals surface area contributed by atoms with Gasteiger partial charge in [0.05, 0.1) is 0 Å². The van der Waals surface area contributed by atoms with Crippen molar-refractivity contribution in [2.45, 2.75) is 65.0 Å². The van der Waals surface area contributed by atoms with Gasteiger partial charge in [0, 0.05) is 18.6 Å². The minimum absolute atomic E-state index is 0.751. The van der Waals surface area contributed by atoms with Crippen molar-refractivity contribution in [3.8, 4) is 0 Å². The second-order valence-electron chi connectivity index (χ2n) is 6.39. The van der Waals surface area contributed by atoms with Crippen LogP contribution in [0.25, 0.3) is 0 Å². The molecule has 4 unspecified atom stereocenters. The molecule has 1 saturated carbocycles. The van der Waals surface area contributed by atoms with E-state index in [1.807, 2.05) is 0 Å². The molecular weight excluding hydrogens is 208 g/mol. The molecule has 4 atom stereocenters. The minimum atomic E-state index is 0.751. The molecule has 0 aromatic rings. The van der Waals surface area contributed by atoms with Crippen molar-refractivity contribution in [3.05, 3.63) is 0 Å². The van der Waals surface area contributed by atoms with E-state index in [2.05, 4.69) is 31.0 Å². The Bertz CT molecular complexity index is 229. The van der Waals surface area contributed by atoms with E-state index in [9.17, 15) is 0 Å². The Balaban J connectivity index is 1.97. The first-order valence-corrected chi connectivity index (χ1v) is 7.68. The molecule has 2 fully saturated rings. The number of hydrogen-bond donors (Lipinski definition) is 1. The number of nitrogens with one attached hydrogen (secondary N) is 1. The predicted molar refractivity (Wildman–Crippen MR) is 74.2 cm³/mol. The van der Waals surface area contributed by atoms with Gasteiger partial charge in [0.1, 0.15) is 0 Å². The number of hydrogen-bond acceptors (Lipinski definition) is 2. The average Bonchev–Trinajstić information content (AvgIpc) is 2.32. The standard InChI is InChI=1S/C15H30N2/c1-4-16-14-8-7-12(2)10-15(14)17-9-5-6-13(3)11-17/h12-16H,4-11H2,1-3H3. The van der Waals surface area contributed by atoms with Gasteiger partial charge in [-0.1, -0.05) is 20.8 Å². The fourth-order valence-corrected chi connectivity index (χ4v) is 3.78. The van der Waals surface area contributed by atoms with Gasteiger partial charge in [0.15, 0.2) is 0 Å². The molecule has 100 valence electrons. The topological polar surface area (TPSA) is 15.3 Å². The number of likely N-dealkylation sites (tertiary alicyclic amines) is 1. The lowest BCUT2D eigenvalue weighted by Crippen LogP contribution is -2.55. The zero-order valence-corrected chi connectivity index (χ0v) is 11.9. The van der Waals surface area contributed by atoms with Gasteiger partial charge in [-0.25, -0.2) is 0 Å². The van der Waals surface area contributed by atoms with Crippen LogP contribution in [-0.4, -0.2) is 36.6 Å². The van der Waals surface area contributed by atoms with Crippen LogP contribution in [0.2, 0.25) is 0 Å². The van der Waals surface area contributed by atoms with E-state index in [1.54, 1.807) is 0 Å². The maximum absolute atomic E-state index is 3.73. The van der Waals surface area contributed by atoms with Gasteiger partial charge in [-0.2, -0.15) is 0 Å². The van der Waals surface area contributed by atoms with Crippen LogP contribution in [0.4, 0.5) is 0 Å². The molecule has 1 aliphatic carbocycles. The van der Waals surface area contributed by atoms with Crippen LogP contribution in [0.5, 0.6) is 0 Å². The highest BCUT2D eigenvalue weighted by Gasteiger charge is 2.33. The molecule has 2 heteroatoms. The summed E-state index contributed by atoms with van der Waals surface area (Å²) in [5.74, 6) is 1.83. The molecule has 17 heavy (non-hydrogen) atoms. The minimum Gasteiger partial charge on any atom is -0.313 e. The van der Waals surface area contributed by atoms with Gasteiger partial charge in [0.25, 0.3) is 0 Å². The number of likely N-dealkylation sites (N-methyl/N-ethyl adjacent to an activating group) is 1. The van der Waals surface area contributed by atoms with E-state index in [-0.39, 0.29) is 0 Å². The summed E-state index contributed by atoms with van der Waals surface area (Å²) in [6, 6.07) is 1.56. The van der Waals surface area contributed by atoms with Gasteiger partial charge in [-0.3, -0.25) is 4.90 Å². The van der Waals surface area contributed by atoms with E-state index in [1.165, 1.54) is 45.2 Å². The summed E-state index contributed by atoms with van der Waals surface area (Å²) in [5, 5.41) is 3.73. The molecule has 0 amide bonds. The highest BCUT2D eigenvalue weighted by Crippen LogP contribution is 2.30. The van der Waals surface area contributed by atoms with Gasteiger partial charge in [0.2, 0.25) is 0 Å². The summed E-state index contributed by atoms with van der Waals surface area (Å²) in [6.07, 6.45) is 7.04. The van der Waals surface area contributed by atoms with E-state index >= 15 is 0 Å². The first-order valence-electron chi connectivity index (χ1n) is 7.68. The van der Waals surface area contributed by atoms with Crippen molar-refractivity contribution in [1.82, 2.24) is 10.2 Å². The van der Waals surface area contributed by atoms with Crippen LogP contribution in [0.15, 0.2) is 0 Å². The molecule has 2 nitrogen and oxygen atoms in total. The Labute approximate surface area is 107 Å². The monoisotopic (exact) mass is 238 g/mol. The van der Waals surface area contributed by atoms with E-state index < -0.39 is 0 Å². The van der Waals surface area contributed by atoms with Crippen molar-refractivity contribution in [3.63, 3.8) is 0 Å². The Morgan fingerprint density at radius 2 is 1.94 bits per heavy atom. The van der Waals surface area contributed by atoms with E-state index in [0.29, 0.717) is 0 Å². The van der Waals surface area contributed by atoms with Crippen LogP contribution >= 0.6 is 0 Å². The van der Waals surface area contributed by atoms with Crippen molar-refractivity contribution < 1.29 is 0 Å². The van der Waals surface area contributed by atoms with Crippen LogP contribution in [0, 0.1) is 11.8 Å². The molecule has 1 heterocycles. The Hall–Kier alpha value is -0.0800. The second kappa shape index (κ2) is 6.19. The van der Waals surface area contributed by atoms with Crippen LogP contribution < -0.4 is 5.32 Å². The number of rotatable bonds is 3. The first-order chi connectivity index (χ1) is 8.20. The third-order valence-corrected chi connectivity index (χ3v) is 4.70. The van der Waals surface area contributed by atoms with Gasteiger partial charge >= 0.3 is 0 Å². The van der Waals surface area contributed by atoms with Crippen LogP contribution in [-0.2, 0) is 0 Å². The lowest BCUT2D eigenvalue weighted by atomic mass is 9.81. The Morgan fingerprint density at radius 1 is 1.12 bits per heavy atom. The van der Waals surface area contributed by atoms with Gasteiger partial charge in [-0.05, 0) is 57.0 Å². The summed E-state index contributed by atoms with van der Waals surface area (Å²) >= 11 is 0. The quantitative estimate of drug-likeness (QED) is 0.813. The first kappa shape index (κ1) is 13.4. The molecular formula is C15H30N2. The summed E-state index contributed by atoms with van der Waals surface area (Å²) in [7, 11) is 0. The van der Waals surface area contributed by atoms with Gasteiger partial charge < -0.3 is 5.32 Å². The Kier molecular flexibility index (Phi) is 4.87. The lowest BCUT2D eigenvalue weighted by Gasteiger charge is -2.45. The number of piperidine rings is 1. The highest BCUT2D eigenvalue weighted by molar-refractivity contribution is 4.91. The second-order valence-corrected chi connectivity index (χ2v) is 6.39. The van der Waals surface area contributed by atoms with Crippen molar-refractivity contribution >= 4 is 0 Å². The number of nitrogens with zero attached hydrogens (tertiary/aromatic N) is 1. The molecule has 0 aromatic heterocycles. The molecule has 0 radical (unpaired) electrons. The van der Waals surface area contributed by atoms with E-state index in [4.69, 9.17) is 0 Å². The maximum atomic E-state index is 3.73. The summed E-state index contributed by atoms with van der Waals surface area (Å²) in [4.78, 5) is 2.79. The maximum Gasteiger partial charge on any atom is 0.0251 e. The molecule has 2 aliphatic rings. The SMILES string of the molecule is CCNC1CCC(C)CC1N1CCCC(C)C1. The van der Waals surface area contributed by atoms with Crippen molar-refractivity contribution in [2.24, 2.45) is 11.8 Å². The third-order valence-electron chi connectivity index (χ3n) is 4.70. The molecule has 0 aromatic carbocycles. The molecule has 0 spiro atoms. The fraction of sp³-hybridized carbons (Fsp3) is 1.00. The largest absolute Gasteiger partial charge is 0.313 e. The zero-order chi connectivity index (χ0) is 12.3. The molecule has 1 aliphatic heterocycles. The predicted octanol–water partition coefficient (Wildman–Crippen LogP) is 2.89. The summed E-state index contributed by atoms with van der Waals surface area (Å²) in [5.41, 5.74) is 0. The lowest BCUT2D eigenvalue weighted by molar-refractivity contribution is 0.0659. The van der Waals surface area contributed by atoms with Crippen molar-refractivity contribution in [1.29, 1.82) is 0 Å². The summed E-state index contributed by atoms with van der Waals surface area (Å²) < 4.78 is 0. The average molecular weight is 238 g/mol. The highest BCUT2D eigenvalue weighted by atomic mass is 15.2.